The van der Waals surface area contributed by atoms with Gasteiger partial charge in [0, 0.05) is 11.8 Å². The number of hydrogen-bond acceptors (Lipinski definition) is 6. The van der Waals surface area contributed by atoms with Crippen LogP contribution >= 0.6 is 0 Å². The van der Waals surface area contributed by atoms with Crippen LogP contribution in [0.3, 0.4) is 0 Å². The summed E-state index contributed by atoms with van der Waals surface area (Å²) in [5.74, 6) is -4.02. The molecule has 1 N–H and O–H groups in total. The van der Waals surface area contributed by atoms with Gasteiger partial charge in [-0.2, -0.15) is 0 Å². The molecule has 7 heteroatoms. The minimum Gasteiger partial charge on any atom is -0.465 e. The van der Waals surface area contributed by atoms with Crippen molar-refractivity contribution in [2.24, 2.45) is 17.8 Å². The third-order valence-electron chi connectivity index (χ3n) is 5.30. The highest BCUT2D eigenvalue weighted by atomic mass is 16.6. The maximum atomic E-state index is 12.5. The number of carbonyl (C=O) groups is 2. The second kappa shape index (κ2) is 5.43. The van der Waals surface area contributed by atoms with E-state index in [0.29, 0.717) is 0 Å². The van der Waals surface area contributed by atoms with Crippen LogP contribution in [0.25, 0.3) is 0 Å². The van der Waals surface area contributed by atoms with Crippen molar-refractivity contribution in [3.8, 4) is 0 Å². The lowest BCUT2D eigenvalue weighted by molar-refractivity contribution is -0.272. The minimum atomic E-state index is -1.62. The van der Waals surface area contributed by atoms with E-state index < -0.39 is 46.4 Å². The van der Waals surface area contributed by atoms with E-state index >= 15 is 0 Å². The van der Waals surface area contributed by atoms with E-state index in [4.69, 9.17) is 9.47 Å². The van der Waals surface area contributed by atoms with Gasteiger partial charge in [0.25, 0.3) is 0 Å². The van der Waals surface area contributed by atoms with Gasteiger partial charge in [-0.05, 0) is 41.5 Å². The number of hydroxylamine groups is 2. The first-order valence-corrected chi connectivity index (χ1v) is 8.02. The van der Waals surface area contributed by atoms with Crippen LogP contribution in [0.4, 0.5) is 0 Å². The standard InChI is InChI=1S/C16H26NO6/c1-7-22-12(18)9(13(19)23-8-2)16(20)10-11(16)15(5,6)17(21)14(10,3)4/h9-11,20H,7-8H2,1-6H3. The quantitative estimate of drug-likeness (QED) is 0.595. The molecule has 1 aliphatic heterocycles. The van der Waals surface area contributed by atoms with E-state index in [2.05, 4.69) is 0 Å². The summed E-state index contributed by atoms with van der Waals surface area (Å²) in [7, 11) is 0. The molecule has 2 unspecified atom stereocenters. The maximum absolute atomic E-state index is 12.5. The molecule has 23 heavy (non-hydrogen) atoms. The molecule has 2 fully saturated rings. The Bertz CT molecular complexity index is 475. The first-order valence-electron chi connectivity index (χ1n) is 8.02. The van der Waals surface area contributed by atoms with Crippen LogP contribution in [0.1, 0.15) is 41.5 Å². The van der Waals surface area contributed by atoms with Gasteiger partial charge >= 0.3 is 11.9 Å². The number of piperidine rings is 1. The van der Waals surface area contributed by atoms with Gasteiger partial charge in [-0.1, -0.05) is 0 Å². The molecule has 1 saturated heterocycles. The monoisotopic (exact) mass is 328 g/mol. The van der Waals surface area contributed by atoms with Crippen molar-refractivity contribution in [3.63, 3.8) is 0 Å². The van der Waals surface area contributed by atoms with E-state index in [1.165, 1.54) is 0 Å². The Balaban J connectivity index is 2.41. The lowest BCUT2D eigenvalue weighted by Crippen LogP contribution is -2.57. The fraction of sp³-hybridized carbons (Fsp3) is 0.875. The number of carbonyl (C=O) groups excluding carboxylic acids is 2. The van der Waals surface area contributed by atoms with Crippen molar-refractivity contribution in [3.05, 3.63) is 0 Å². The second-order valence-electron chi connectivity index (χ2n) is 7.38. The molecular formula is C16H26NO6. The van der Waals surface area contributed by atoms with Gasteiger partial charge < -0.3 is 14.6 Å². The zero-order chi connectivity index (χ0) is 17.8. The predicted molar refractivity (Wildman–Crippen MR) is 79.4 cm³/mol. The first kappa shape index (κ1) is 18.2. The molecule has 1 saturated carbocycles. The minimum absolute atomic E-state index is 0.0978. The molecule has 2 atom stereocenters. The summed E-state index contributed by atoms with van der Waals surface area (Å²) in [5.41, 5.74) is -3.40. The molecule has 1 heterocycles. The van der Waals surface area contributed by atoms with Crippen molar-refractivity contribution in [1.29, 1.82) is 0 Å². The lowest BCUT2D eigenvalue weighted by Gasteiger charge is -2.41. The summed E-state index contributed by atoms with van der Waals surface area (Å²) in [6.07, 6.45) is 0. The highest BCUT2D eigenvalue weighted by molar-refractivity contribution is 5.97. The van der Waals surface area contributed by atoms with Gasteiger partial charge in [-0.25, -0.2) is 0 Å². The zero-order valence-electron chi connectivity index (χ0n) is 14.6. The summed E-state index contributed by atoms with van der Waals surface area (Å²) in [5, 5.41) is 24.6. The smallest absolute Gasteiger partial charge is 0.323 e. The fourth-order valence-electron chi connectivity index (χ4n) is 4.62. The number of rotatable bonds is 5. The average Bonchev–Trinajstić information content (AvgIpc) is 3.02. The Hall–Kier alpha value is -1.18. The molecule has 0 aromatic carbocycles. The molecule has 0 bridgehead atoms. The van der Waals surface area contributed by atoms with E-state index in [0.717, 1.165) is 5.06 Å². The molecule has 2 rings (SSSR count). The summed E-state index contributed by atoms with van der Waals surface area (Å²) in [4.78, 5) is 24.6. The molecule has 0 aromatic rings. The number of fused-ring (bicyclic) bond motifs is 1. The topological polar surface area (TPSA) is 96.0 Å². The van der Waals surface area contributed by atoms with Crippen LogP contribution in [-0.2, 0) is 24.3 Å². The molecular weight excluding hydrogens is 302 g/mol. The van der Waals surface area contributed by atoms with Gasteiger partial charge in [0.05, 0.1) is 29.9 Å². The maximum Gasteiger partial charge on any atom is 0.323 e. The molecule has 7 nitrogen and oxygen atoms in total. The van der Waals surface area contributed by atoms with Crippen LogP contribution < -0.4 is 0 Å². The van der Waals surface area contributed by atoms with Gasteiger partial charge in [-0.3, -0.25) is 9.59 Å². The van der Waals surface area contributed by atoms with Crippen molar-refractivity contribution < 1.29 is 29.4 Å². The Morgan fingerprint density at radius 1 is 1.00 bits per heavy atom. The van der Waals surface area contributed by atoms with E-state index in [9.17, 15) is 19.9 Å². The molecule has 0 aromatic heterocycles. The number of ether oxygens (including phenoxy) is 2. The van der Waals surface area contributed by atoms with Crippen LogP contribution in [0, 0.1) is 17.8 Å². The predicted octanol–water partition coefficient (Wildman–Crippen LogP) is 0.924. The normalized spacial score (nSPS) is 34.1. The average molecular weight is 328 g/mol. The van der Waals surface area contributed by atoms with Crippen molar-refractivity contribution in [2.75, 3.05) is 13.2 Å². The molecule has 131 valence electrons. The Labute approximate surface area is 136 Å². The van der Waals surface area contributed by atoms with Gasteiger partial charge in [0.2, 0.25) is 0 Å². The Morgan fingerprint density at radius 3 is 1.65 bits per heavy atom. The second-order valence-corrected chi connectivity index (χ2v) is 7.38. The summed E-state index contributed by atoms with van der Waals surface area (Å²) < 4.78 is 9.95. The Morgan fingerprint density at radius 2 is 1.35 bits per heavy atom. The number of esters is 2. The van der Waals surface area contributed by atoms with E-state index in [-0.39, 0.29) is 13.2 Å². The summed E-state index contributed by atoms with van der Waals surface area (Å²) in [6.45, 7) is 10.3. The summed E-state index contributed by atoms with van der Waals surface area (Å²) >= 11 is 0. The Kier molecular flexibility index (Phi) is 4.29. The summed E-state index contributed by atoms with van der Waals surface area (Å²) in [6, 6.07) is 0. The van der Waals surface area contributed by atoms with Gasteiger partial charge in [-0.15, -0.1) is 10.3 Å². The van der Waals surface area contributed by atoms with Crippen LogP contribution in [0.2, 0.25) is 0 Å². The molecule has 1 aliphatic carbocycles. The highest BCUT2D eigenvalue weighted by Crippen LogP contribution is 2.71. The lowest BCUT2D eigenvalue weighted by atomic mass is 9.85. The first-order chi connectivity index (χ1) is 10.5. The van der Waals surface area contributed by atoms with Crippen LogP contribution in [0.15, 0.2) is 0 Å². The largest absolute Gasteiger partial charge is 0.465 e. The SMILES string of the molecule is CCOC(=O)C(C(=O)OCC)C1(O)C2C1C(C)(C)N([O])C2(C)C. The van der Waals surface area contributed by atoms with Gasteiger partial charge in [0.15, 0.2) is 5.92 Å². The highest BCUT2D eigenvalue weighted by Gasteiger charge is 2.85. The van der Waals surface area contributed by atoms with Crippen molar-refractivity contribution in [2.45, 2.75) is 58.2 Å². The van der Waals surface area contributed by atoms with E-state index in [1.54, 1.807) is 41.5 Å². The van der Waals surface area contributed by atoms with Crippen molar-refractivity contribution >= 4 is 11.9 Å². The van der Waals surface area contributed by atoms with Crippen molar-refractivity contribution in [1.82, 2.24) is 5.06 Å². The van der Waals surface area contributed by atoms with E-state index in [1.807, 2.05) is 0 Å². The number of hydrogen-bond donors (Lipinski definition) is 1. The zero-order valence-corrected chi connectivity index (χ0v) is 14.6. The number of aliphatic hydroxyl groups is 1. The third-order valence-corrected chi connectivity index (χ3v) is 5.30. The molecule has 0 spiro atoms. The van der Waals surface area contributed by atoms with Gasteiger partial charge in [0.1, 0.15) is 0 Å². The molecule has 0 amide bonds. The fourth-order valence-corrected chi connectivity index (χ4v) is 4.62. The molecule has 1 radical (unpaired) electrons. The third kappa shape index (κ3) is 2.28. The van der Waals surface area contributed by atoms with Crippen LogP contribution in [0.5, 0.6) is 0 Å². The molecule has 2 aliphatic rings. The number of nitrogens with zero attached hydrogens (tertiary/aromatic N) is 1. The van der Waals surface area contributed by atoms with Crippen LogP contribution in [-0.4, -0.2) is 52.0 Å².